The molecule has 0 saturated carbocycles. The van der Waals surface area contributed by atoms with E-state index in [9.17, 15) is 0 Å². The Hall–Kier alpha value is -0.230. The maximum atomic E-state index is 4.09. The maximum Gasteiger partial charge on any atom is 0.0552 e. The zero-order chi connectivity index (χ0) is 9.80. The van der Waals surface area contributed by atoms with Gasteiger partial charge in [-0.3, -0.25) is 0 Å². The Balaban J connectivity index is 1.81. The summed E-state index contributed by atoms with van der Waals surface area (Å²) in [7, 11) is 0. The average molecular weight is 289 g/mol. The fourth-order valence-corrected chi connectivity index (χ4v) is 2.94. The molecule has 0 radical (unpaired) electrons. The van der Waals surface area contributed by atoms with Crippen molar-refractivity contribution in [1.29, 1.82) is 0 Å². The van der Waals surface area contributed by atoms with Crippen molar-refractivity contribution in [2.45, 2.75) is 13.1 Å². The summed E-state index contributed by atoms with van der Waals surface area (Å²) in [5, 5.41) is 7.64. The van der Waals surface area contributed by atoms with Gasteiger partial charge in [0, 0.05) is 13.1 Å². The van der Waals surface area contributed by atoms with Crippen LogP contribution in [0.2, 0.25) is 0 Å². The number of aromatic nitrogens is 1. The van der Waals surface area contributed by atoms with E-state index in [2.05, 4.69) is 42.4 Å². The predicted octanol–water partition coefficient (Wildman–Crippen LogP) is 3.26. The maximum absolute atomic E-state index is 4.09. The van der Waals surface area contributed by atoms with Gasteiger partial charge in [-0.15, -0.1) is 0 Å². The smallest absolute Gasteiger partial charge is 0.0552 e. The minimum absolute atomic E-state index is 0.876. The van der Waals surface area contributed by atoms with Crippen LogP contribution in [0.15, 0.2) is 27.5 Å². The van der Waals surface area contributed by atoms with Crippen LogP contribution < -0.4 is 5.32 Å². The van der Waals surface area contributed by atoms with E-state index in [0.717, 1.165) is 17.6 Å². The van der Waals surface area contributed by atoms with E-state index in [0.29, 0.717) is 0 Å². The molecule has 0 bridgehead atoms. The highest BCUT2D eigenvalue weighted by atomic mass is 79.9. The first-order chi connectivity index (χ1) is 6.86. The van der Waals surface area contributed by atoms with Gasteiger partial charge in [0.25, 0.3) is 0 Å². The van der Waals surface area contributed by atoms with Crippen molar-refractivity contribution in [3.63, 3.8) is 0 Å². The molecular weight excluding hydrogens is 280 g/mol. The van der Waals surface area contributed by atoms with Crippen LogP contribution in [0.5, 0.6) is 0 Å². The molecule has 0 unspecified atom stereocenters. The summed E-state index contributed by atoms with van der Waals surface area (Å²) in [4.78, 5) is 1.25. The molecule has 2 aromatic rings. The summed E-state index contributed by atoms with van der Waals surface area (Å²) < 4.78 is 5.19. The van der Waals surface area contributed by atoms with E-state index in [4.69, 9.17) is 0 Å². The molecular formula is C9H9BrN2S2. The summed E-state index contributed by atoms with van der Waals surface area (Å²) >= 11 is 6.72. The molecule has 0 amide bonds. The molecule has 2 nitrogen and oxygen atoms in total. The second-order valence-electron chi connectivity index (χ2n) is 2.83. The standard InChI is InChI=1S/C9H9BrN2S2/c10-8-4-12-14-9(8)5-11-3-7-1-2-13-6-7/h1-2,4,6,11H,3,5H2. The third kappa shape index (κ3) is 2.63. The van der Waals surface area contributed by atoms with Crippen molar-refractivity contribution in [1.82, 2.24) is 9.69 Å². The number of hydrogen-bond donors (Lipinski definition) is 1. The van der Waals surface area contributed by atoms with Gasteiger partial charge in [-0.2, -0.15) is 15.7 Å². The van der Waals surface area contributed by atoms with Crippen molar-refractivity contribution in [3.8, 4) is 0 Å². The topological polar surface area (TPSA) is 24.9 Å². The lowest BCUT2D eigenvalue weighted by atomic mass is 10.3. The van der Waals surface area contributed by atoms with Crippen molar-refractivity contribution >= 4 is 38.8 Å². The third-order valence-corrected chi connectivity index (χ3v) is 4.26. The van der Waals surface area contributed by atoms with Gasteiger partial charge in [-0.05, 0) is 49.9 Å². The molecule has 2 heterocycles. The molecule has 0 atom stereocenters. The first-order valence-electron chi connectivity index (χ1n) is 4.17. The number of rotatable bonds is 4. The monoisotopic (exact) mass is 288 g/mol. The highest BCUT2D eigenvalue weighted by Crippen LogP contribution is 2.19. The van der Waals surface area contributed by atoms with Crippen LogP contribution in [0, 0.1) is 0 Å². The summed E-state index contributed by atoms with van der Waals surface area (Å²) in [5.74, 6) is 0. The van der Waals surface area contributed by atoms with Crippen molar-refractivity contribution in [2.75, 3.05) is 0 Å². The first kappa shape index (κ1) is 10.3. The van der Waals surface area contributed by atoms with Gasteiger partial charge in [0.15, 0.2) is 0 Å². The van der Waals surface area contributed by atoms with Crippen LogP contribution in [0.3, 0.4) is 0 Å². The second kappa shape index (κ2) is 5.02. The molecule has 2 aromatic heterocycles. The van der Waals surface area contributed by atoms with Crippen molar-refractivity contribution < 1.29 is 0 Å². The molecule has 74 valence electrons. The van der Waals surface area contributed by atoms with Crippen LogP contribution >= 0.6 is 38.8 Å². The summed E-state index contributed by atoms with van der Waals surface area (Å²) in [6.45, 7) is 1.80. The molecule has 0 aliphatic heterocycles. The Labute approximate surface area is 99.3 Å². The predicted molar refractivity (Wildman–Crippen MR) is 64.7 cm³/mol. The zero-order valence-corrected chi connectivity index (χ0v) is 10.6. The molecule has 0 fully saturated rings. The number of hydrogen-bond acceptors (Lipinski definition) is 4. The molecule has 14 heavy (non-hydrogen) atoms. The molecule has 1 N–H and O–H groups in total. The molecule has 0 saturated heterocycles. The lowest BCUT2D eigenvalue weighted by Crippen LogP contribution is -2.11. The van der Waals surface area contributed by atoms with Gasteiger partial charge in [-0.25, -0.2) is 0 Å². The largest absolute Gasteiger partial charge is 0.308 e. The van der Waals surface area contributed by atoms with Crippen LogP contribution in [0.4, 0.5) is 0 Å². The van der Waals surface area contributed by atoms with E-state index in [1.165, 1.54) is 22.0 Å². The fraction of sp³-hybridized carbons (Fsp3) is 0.222. The van der Waals surface area contributed by atoms with Crippen LogP contribution in [-0.2, 0) is 13.1 Å². The van der Waals surface area contributed by atoms with Crippen LogP contribution in [0.25, 0.3) is 0 Å². The minimum atomic E-state index is 0.876. The van der Waals surface area contributed by atoms with E-state index < -0.39 is 0 Å². The van der Waals surface area contributed by atoms with Gasteiger partial charge < -0.3 is 5.32 Å². The number of halogens is 1. The zero-order valence-electron chi connectivity index (χ0n) is 7.37. The van der Waals surface area contributed by atoms with Crippen molar-refractivity contribution in [2.24, 2.45) is 0 Å². The minimum Gasteiger partial charge on any atom is -0.308 e. The van der Waals surface area contributed by atoms with Gasteiger partial charge >= 0.3 is 0 Å². The molecule has 5 heteroatoms. The average Bonchev–Trinajstić information content (AvgIpc) is 2.78. The van der Waals surface area contributed by atoms with Crippen molar-refractivity contribution in [3.05, 3.63) is 37.9 Å². The number of thiophene rings is 1. The van der Waals surface area contributed by atoms with Crippen LogP contribution in [0.1, 0.15) is 10.4 Å². The first-order valence-corrected chi connectivity index (χ1v) is 6.68. The Morgan fingerprint density at radius 2 is 2.36 bits per heavy atom. The van der Waals surface area contributed by atoms with Gasteiger partial charge in [0.1, 0.15) is 0 Å². The Morgan fingerprint density at radius 3 is 3.00 bits per heavy atom. The van der Waals surface area contributed by atoms with Gasteiger partial charge in [0.05, 0.1) is 15.5 Å². The molecule has 0 aliphatic carbocycles. The van der Waals surface area contributed by atoms with Gasteiger partial charge in [-0.1, -0.05) is 0 Å². The SMILES string of the molecule is Brc1cnsc1CNCc1ccsc1. The Bertz CT molecular complexity index is 383. The molecule has 0 aliphatic rings. The molecule has 2 rings (SSSR count). The lowest BCUT2D eigenvalue weighted by Gasteiger charge is -2.00. The number of nitrogens with one attached hydrogen (secondary N) is 1. The van der Waals surface area contributed by atoms with E-state index in [-0.39, 0.29) is 0 Å². The Kier molecular flexibility index (Phi) is 3.69. The van der Waals surface area contributed by atoms with E-state index >= 15 is 0 Å². The summed E-state index contributed by atoms with van der Waals surface area (Å²) in [6.07, 6.45) is 1.84. The van der Waals surface area contributed by atoms with E-state index in [1.807, 2.05) is 6.20 Å². The molecule has 0 spiro atoms. The number of nitrogens with zero attached hydrogens (tertiary/aromatic N) is 1. The van der Waals surface area contributed by atoms with Crippen LogP contribution in [-0.4, -0.2) is 4.37 Å². The highest BCUT2D eigenvalue weighted by molar-refractivity contribution is 9.10. The third-order valence-electron chi connectivity index (χ3n) is 1.79. The summed E-state index contributed by atoms with van der Waals surface area (Å²) in [5.41, 5.74) is 1.34. The molecule has 0 aromatic carbocycles. The quantitative estimate of drug-likeness (QED) is 0.934. The van der Waals surface area contributed by atoms with Gasteiger partial charge in [0.2, 0.25) is 0 Å². The lowest BCUT2D eigenvalue weighted by molar-refractivity contribution is 0.701. The normalized spacial score (nSPS) is 10.6. The van der Waals surface area contributed by atoms with E-state index in [1.54, 1.807) is 11.3 Å². The summed E-state index contributed by atoms with van der Waals surface area (Å²) in [6, 6.07) is 2.14. The highest BCUT2D eigenvalue weighted by Gasteiger charge is 2.01. The fourth-order valence-electron chi connectivity index (χ4n) is 1.08. The second-order valence-corrected chi connectivity index (χ2v) is 5.35. The Morgan fingerprint density at radius 1 is 1.43 bits per heavy atom.